The lowest BCUT2D eigenvalue weighted by Crippen LogP contribution is -2.50. The third-order valence-electron chi connectivity index (χ3n) is 6.65. The molecule has 28 heavy (non-hydrogen) atoms. The van der Waals surface area contributed by atoms with Gasteiger partial charge in [-0.3, -0.25) is 14.9 Å². The smallest absolute Gasteiger partial charge is 0.225 e. The Balaban J connectivity index is 2.33. The summed E-state index contributed by atoms with van der Waals surface area (Å²) in [6.45, 7) is 12.7. The van der Waals surface area contributed by atoms with Gasteiger partial charge in [-0.25, -0.2) is 0 Å². The highest BCUT2D eigenvalue weighted by molar-refractivity contribution is 6.74. The Kier molecular flexibility index (Phi) is 6.71. The fraction of sp³-hybridized carbons (Fsp3) is 0.667. The number of nitro groups is 1. The van der Waals surface area contributed by atoms with E-state index in [1.54, 1.807) is 19.2 Å². The summed E-state index contributed by atoms with van der Waals surface area (Å²) in [5, 5.41) is 12.1. The molecule has 1 aromatic rings. The van der Waals surface area contributed by atoms with E-state index in [2.05, 4.69) is 33.9 Å². The van der Waals surface area contributed by atoms with Gasteiger partial charge in [0.1, 0.15) is 11.5 Å². The predicted octanol–water partition coefficient (Wildman–Crippen LogP) is 4.67. The molecule has 1 fully saturated rings. The zero-order valence-electron chi connectivity index (χ0n) is 18.0. The minimum Gasteiger partial charge on any atom is -0.497 e. The molecule has 4 atom stereocenters. The van der Waals surface area contributed by atoms with E-state index in [1.807, 2.05) is 19.1 Å². The van der Waals surface area contributed by atoms with Gasteiger partial charge in [-0.2, -0.15) is 0 Å². The quantitative estimate of drug-likeness (QED) is 0.389. The lowest BCUT2D eigenvalue weighted by atomic mass is 9.68. The molecule has 1 aliphatic rings. The third-order valence-corrected chi connectivity index (χ3v) is 11.2. The van der Waals surface area contributed by atoms with E-state index in [4.69, 9.17) is 9.16 Å². The van der Waals surface area contributed by atoms with Crippen molar-refractivity contribution in [1.29, 1.82) is 0 Å². The lowest BCUT2D eigenvalue weighted by Gasteiger charge is -2.40. The SMILES string of the molecule is COc1ccc([C@H]2CC(=O)[C@H](C)[C@H](CO[Si](C)(C)C(C)(C)C)[C@@H]2[N+](=O)[O-])cc1. The minimum absolute atomic E-state index is 0.00835. The van der Waals surface area contributed by atoms with Crippen LogP contribution >= 0.6 is 0 Å². The largest absolute Gasteiger partial charge is 0.497 e. The number of hydrogen-bond donors (Lipinski definition) is 0. The highest BCUT2D eigenvalue weighted by Crippen LogP contribution is 2.42. The summed E-state index contributed by atoms with van der Waals surface area (Å²) in [7, 11) is -0.491. The highest BCUT2D eigenvalue weighted by Gasteiger charge is 2.50. The van der Waals surface area contributed by atoms with Crippen LogP contribution in [0.3, 0.4) is 0 Å². The first-order valence-corrected chi connectivity index (χ1v) is 12.7. The van der Waals surface area contributed by atoms with Crippen LogP contribution in [-0.4, -0.2) is 38.8 Å². The van der Waals surface area contributed by atoms with Gasteiger partial charge in [0.05, 0.1) is 18.9 Å². The summed E-state index contributed by atoms with van der Waals surface area (Å²) >= 11 is 0. The normalized spacial score (nSPS) is 26.2. The van der Waals surface area contributed by atoms with Crippen molar-refractivity contribution in [1.82, 2.24) is 0 Å². The third kappa shape index (κ3) is 4.63. The Morgan fingerprint density at radius 2 is 1.79 bits per heavy atom. The van der Waals surface area contributed by atoms with Gasteiger partial charge in [-0.05, 0) is 35.8 Å². The Morgan fingerprint density at radius 1 is 1.21 bits per heavy atom. The number of ketones is 1. The van der Waals surface area contributed by atoms with Crippen molar-refractivity contribution in [3.05, 3.63) is 39.9 Å². The van der Waals surface area contributed by atoms with E-state index in [0.29, 0.717) is 5.75 Å². The van der Waals surface area contributed by atoms with E-state index < -0.39 is 26.2 Å². The molecule has 6 nitrogen and oxygen atoms in total. The first-order chi connectivity index (χ1) is 12.9. The Morgan fingerprint density at radius 3 is 2.25 bits per heavy atom. The molecular weight excluding hydrogens is 374 g/mol. The molecule has 1 aromatic carbocycles. The lowest BCUT2D eigenvalue weighted by molar-refractivity contribution is -0.540. The standard InChI is InChI=1S/C21H33NO5Si/c1-14-18(13-27-28(6,7)21(2,3)4)20(22(24)25)17(12-19(14)23)15-8-10-16(26-5)11-9-15/h8-11,14,17-18,20H,12-13H2,1-7H3/t14-,17-,18+,20-/m1/s1. The second-order valence-electron chi connectivity index (χ2n) is 9.35. The number of carbonyl (C=O) groups is 1. The second-order valence-corrected chi connectivity index (χ2v) is 14.2. The molecule has 7 heteroatoms. The number of benzene rings is 1. The van der Waals surface area contributed by atoms with Crippen LogP contribution in [0.15, 0.2) is 24.3 Å². The van der Waals surface area contributed by atoms with Gasteiger partial charge in [-0.15, -0.1) is 0 Å². The average Bonchev–Trinajstić information content (AvgIpc) is 2.61. The molecule has 0 bridgehead atoms. The molecule has 1 aliphatic carbocycles. The first-order valence-electron chi connectivity index (χ1n) is 9.83. The first kappa shape index (κ1) is 22.6. The van der Waals surface area contributed by atoms with Crippen molar-refractivity contribution in [2.24, 2.45) is 11.8 Å². The van der Waals surface area contributed by atoms with E-state index in [0.717, 1.165) is 5.56 Å². The summed E-state index contributed by atoms with van der Waals surface area (Å²) in [6.07, 6.45) is 0.190. The fourth-order valence-corrected chi connectivity index (χ4v) is 4.63. The maximum atomic E-state index is 12.7. The van der Waals surface area contributed by atoms with Gasteiger partial charge in [-0.1, -0.05) is 39.8 Å². The van der Waals surface area contributed by atoms with Crippen LogP contribution in [0.1, 0.15) is 45.6 Å². The molecule has 0 spiro atoms. The number of Topliss-reactive ketones (excluding diaryl/α,β-unsaturated/α-hetero) is 1. The average molecular weight is 408 g/mol. The van der Waals surface area contributed by atoms with Crippen LogP contribution in [0.2, 0.25) is 18.1 Å². The van der Waals surface area contributed by atoms with Crippen molar-refractivity contribution >= 4 is 14.1 Å². The number of carbonyl (C=O) groups excluding carboxylic acids is 1. The van der Waals surface area contributed by atoms with Crippen LogP contribution in [0.25, 0.3) is 0 Å². The van der Waals surface area contributed by atoms with Crippen molar-refractivity contribution in [3.63, 3.8) is 0 Å². The molecule has 0 aliphatic heterocycles. The van der Waals surface area contributed by atoms with Gasteiger partial charge in [0.15, 0.2) is 8.32 Å². The van der Waals surface area contributed by atoms with Crippen molar-refractivity contribution in [2.75, 3.05) is 13.7 Å². The Bertz CT molecular complexity index is 711. The van der Waals surface area contributed by atoms with Crippen molar-refractivity contribution in [2.45, 2.75) is 64.2 Å². The Hall–Kier alpha value is -1.73. The van der Waals surface area contributed by atoms with E-state index >= 15 is 0 Å². The van der Waals surface area contributed by atoms with E-state index in [1.165, 1.54) is 0 Å². The molecule has 0 radical (unpaired) electrons. The number of nitrogens with zero attached hydrogens (tertiary/aromatic N) is 1. The van der Waals surface area contributed by atoms with Crippen molar-refractivity contribution in [3.8, 4) is 5.75 Å². The predicted molar refractivity (Wildman–Crippen MR) is 112 cm³/mol. The molecule has 0 aromatic heterocycles. The Labute approximate surface area is 168 Å². The van der Waals surface area contributed by atoms with Gasteiger partial charge < -0.3 is 9.16 Å². The van der Waals surface area contributed by atoms with Crippen molar-refractivity contribution < 1.29 is 18.9 Å². The van der Waals surface area contributed by atoms with Crippen LogP contribution in [-0.2, 0) is 9.22 Å². The number of ether oxygens (including phenoxy) is 1. The minimum atomic E-state index is -2.07. The number of hydrogen-bond acceptors (Lipinski definition) is 5. The monoisotopic (exact) mass is 407 g/mol. The zero-order valence-corrected chi connectivity index (χ0v) is 19.0. The van der Waals surface area contributed by atoms with Gasteiger partial charge >= 0.3 is 0 Å². The molecule has 0 amide bonds. The molecule has 2 rings (SSSR count). The summed E-state index contributed by atoms with van der Waals surface area (Å²) < 4.78 is 11.5. The zero-order chi connectivity index (χ0) is 21.3. The highest BCUT2D eigenvalue weighted by atomic mass is 28.4. The summed E-state index contributed by atoms with van der Waals surface area (Å²) in [5.41, 5.74) is 0.806. The molecule has 0 heterocycles. The van der Waals surface area contributed by atoms with Gasteiger partial charge in [0, 0.05) is 23.9 Å². The van der Waals surface area contributed by atoms with E-state index in [9.17, 15) is 14.9 Å². The molecule has 156 valence electrons. The summed E-state index contributed by atoms with van der Waals surface area (Å²) in [6, 6.07) is 6.39. The van der Waals surface area contributed by atoms with Gasteiger partial charge in [0.2, 0.25) is 6.04 Å². The molecular formula is C21H33NO5Si. The molecule has 0 saturated heterocycles. The van der Waals surface area contributed by atoms with Gasteiger partial charge in [0.25, 0.3) is 0 Å². The van der Waals surface area contributed by atoms with Crippen LogP contribution in [0.4, 0.5) is 0 Å². The van der Waals surface area contributed by atoms with Crippen LogP contribution in [0, 0.1) is 22.0 Å². The molecule has 0 unspecified atom stereocenters. The van der Waals surface area contributed by atoms with Crippen LogP contribution < -0.4 is 4.74 Å². The number of methoxy groups -OCH3 is 1. The second kappa shape index (κ2) is 8.33. The number of rotatable bonds is 6. The topological polar surface area (TPSA) is 78.7 Å². The summed E-state index contributed by atoms with van der Waals surface area (Å²) in [4.78, 5) is 24.6. The van der Waals surface area contributed by atoms with Crippen LogP contribution in [0.5, 0.6) is 5.75 Å². The van der Waals surface area contributed by atoms with E-state index in [-0.39, 0.29) is 34.7 Å². The summed E-state index contributed by atoms with van der Waals surface area (Å²) in [5.74, 6) is -0.498. The molecule has 1 saturated carbocycles. The molecule has 0 N–H and O–H groups in total. The maximum absolute atomic E-state index is 12.7. The fourth-order valence-electron chi connectivity index (χ4n) is 3.59. The maximum Gasteiger partial charge on any atom is 0.225 e.